The van der Waals surface area contributed by atoms with E-state index in [1.54, 1.807) is 0 Å². The van der Waals surface area contributed by atoms with Crippen LogP contribution in [0.2, 0.25) is 0 Å². The highest BCUT2D eigenvalue weighted by Gasteiger charge is 1.96. The molecule has 70 valence electrons. The summed E-state index contributed by atoms with van der Waals surface area (Å²) in [4.78, 5) is 2.52. The summed E-state index contributed by atoms with van der Waals surface area (Å²) < 4.78 is 12.7. The molecule has 0 amide bonds. The maximum atomic E-state index is 12.7. The van der Waals surface area contributed by atoms with Gasteiger partial charge in [0.2, 0.25) is 0 Å². The Balaban J connectivity index is 2.88. The molecule has 0 spiro atoms. The van der Waals surface area contributed by atoms with Gasteiger partial charge in [0.05, 0.1) is 12.1 Å². The van der Waals surface area contributed by atoms with Crippen molar-refractivity contribution in [3.05, 3.63) is 40.0 Å². The molecule has 0 fully saturated rings. The smallest absolute Gasteiger partial charge is 0.124 e. The van der Waals surface area contributed by atoms with Crippen molar-refractivity contribution >= 4 is 5.69 Å². The first-order valence-electron chi connectivity index (χ1n) is 3.79. The van der Waals surface area contributed by atoms with Crippen molar-refractivity contribution in [2.45, 2.75) is 0 Å². The van der Waals surface area contributed by atoms with Crippen LogP contribution in [0.3, 0.4) is 0 Å². The first-order valence-corrected chi connectivity index (χ1v) is 3.79. The first-order chi connectivity index (χ1) is 6.74. The van der Waals surface area contributed by atoms with Gasteiger partial charge in [0.15, 0.2) is 0 Å². The molecular weight excluding hydrogens is 183 g/mol. The lowest BCUT2D eigenvalue weighted by molar-refractivity contribution is 0.627. The Morgan fingerprint density at radius 2 is 2.36 bits per heavy atom. The monoisotopic (exact) mass is 190 g/mol. The highest BCUT2D eigenvalue weighted by Crippen LogP contribution is 2.11. The van der Waals surface area contributed by atoms with Gasteiger partial charge >= 0.3 is 0 Å². The largest absolute Gasteiger partial charge is 0.398 e. The predicted octanol–water partition coefficient (Wildman–Crippen LogP) is 2.07. The van der Waals surface area contributed by atoms with Crippen LogP contribution in [-0.4, -0.2) is 6.54 Å². The summed E-state index contributed by atoms with van der Waals surface area (Å²) in [6.45, 7) is 0.0481. The number of azide groups is 1. The maximum Gasteiger partial charge on any atom is 0.124 e. The zero-order valence-electron chi connectivity index (χ0n) is 7.24. The average Bonchev–Trinajstić information content (AvgIpc) is 2.18. The molecule has 0 bridgehead atoms. The van der Waals surface area contributed by atoms with Crippen LogP contribution in [0, 0.1) is 17.7 Å². The van der Waals surface area contributed by atoms with Crippen LogP contribution >= 0.6 is 0 Å². The number of halogens is 1. The molecule has 0 unspecified atom stereocenters. The number of hydrogen-bond acceptors (Lipinski definition) is 2. The van der Waals surface area contributed by atoms with Crippen molar-refractivity contribution in [1.29, 1.82) is 0 Å². The molecule has 14 heavy (non-hydrogen) atoms. The third kappa shape index (κ3) is 2.70. The van der Waals surface area contributed by atoms with Crippen LogP contribution < -0.4 is 5.73 Å². The van der Waals surface area contributed by atoms with E-state index < -0.39 is 5.82 Å². The molecule has 4 nitrogen and oxygen atoms in total. The highest BCUT2D eigenvalue weighted by molar-refractivity contribution is 5.55. The third-order valence-electron chi connectivity index (χ3n) is 1.45. The first kappa shape index (κ1) is 9.90. The topological polar surface area (TPSA) is 74.8 Å². The van der Waals surface area contributed by atoms with Gasteiger partial charge in [0.1, 0.15) is 5.82 Å². The van der Waals surface area contributed by atoms with E-state index in [1.165, 1.54) is 18.2 Å². The lowest BCUT2D eigenvalue weighted by Gasteiger charge is -1.96. The molecule has 1 aromatic rings. The van der Waals surface area contributed by atoms with Gasteiger partial charge in [-0.05, 0) is 23.7 Å². The van der Waals surface area contributed by atoms with E-state index in [2.05, 4.69) is 21.9 Å². The lowest BCUT2D eigenvalue weighted by Crippen LogP contribution is -1.90. The number of nitrogens with two attached hydrogens (primary N) is 1. The minimum atomic E-state index is -0.396. The van der Waals surface area contributed by atoms with Gasteiger partial charge < -0.3 is 5.73 Å². The number of nitrogen functional groups attached to an aromatic ring is 1. The number of nitrogens with zero attached hydrogens (tertiary/aromatic N) is 3. The predicted molar refractivity (Wildman–Crippen MR) is 51.7 cm³/mol. The lowest BCUT2D eigenvalue weighted by atomic mass is 10.2. The van der Waals surface area contributed by atoms with Crippen LogP contribution in [0.4, 0.5) is 10.1 Å². The van der Waals surface area contributed by atoms with Gasteiger partial charge in [-0.25, -0.2) is 4.39 Å². The second kappa shape index (κ2) is 4.75. The zero-order valence-corrected chi connectivity index (χ0v) is 7.24. The molecule has 0 radical (unpaired) electrons. The van der Waals surface area contributed by atoms with Crippen molar-refractivity contribution < 1.29 is 4.39 Å². The van der Waals surface area contributed by atoms with Gasteiger partial charge in [0.25, 0.3) is 0 Å². The SMILES string of the molecule is [N-]=[N+]=NCC#Cc1cc(F)ccc1N. The van der Waals surface area contributed by atoms with Crippen molar-refractivity contribution in [2.75, 3.05) is 12.3 Å². The second-order valence-corrected chi connectivity index (χ2v) is 2.42. The third-order valence-corrected chi connectivity index (χ3v) is 1.45. The number of rotatable bonds is 1. The van der Waals surface area contributed by atoms with E-state index in [0.29, 0.717) is 11.3 Å². The molecule has 5 heteroatoms. The fraction of sp³-hybridized carbons (Fsp3) is 0.111. The average molecular weight is 190 g/mol. The molecule has 0 atom stereocenters. The molecule has 0 aliphatic rings. The van der Waals surface area contributed by atoms with Crippen LogP contribution in [0.5, 0.6) is 0 Å². The Hall–Kier alpha value is -2.18. The summed E-state index contributed by atoms with van der Waals surface area (Å²) in [5, 5.41) is 3.21. The number of benzene rings is 1. The van der Waals surface area contributed by atoms with Crippen molar-refractivity contribution in [1.82, 2.24) is 0 Å². The van der Waals surface area contributed by atoms with E-state index in [-0.39, 0.29) is 6.54 Å². The minimum Gasteiger partial charge on any atom is -0.398 e. The Morgan fingerprint density at radius 1 is 1.57 bits per heavy atom. The minimum absolute atomic E-state index is 0.0481. The van der Waals surface area contributed by atoms with E-state index in [9.17, 15) is 4.39 Å². The molecule has 0 aliphatic heterocycles. The molecule has 1 rings (SSSR count). The Kier molecular flexibility index (Phi) is 3.36. The molecule has 2 N–H and O–H groups in total. The van der Waals surface area contributed by atoms with Crippen LogP contribution in [0.15, 0.2) is 23.3 Å². The van der Waals surface area contributed by atoms with Crippen molar-refractivity contribution in [3.63, 3.8) is 0 Å². The Bertz CT molecular complexity index is 438. The molecule has 0 heterocycles. The van der Waals surface area contributed by atoms with E-state index in [4.69, 9.17) is 11.3 Å². The summed E-state index contributed by atoms with van der Waals surface area (Å²) in [5.41, 5.74) is 14.3. The molecule has 1 aromatic carbocycles. The van der Waals surface area contributed by atoms with Crippen molar-refractivity contribution in [2.24, 2.45) is 5.11 Å². The van der Waals surface area contributed by atoms with Gasteiger partial charge in [-0.3, -0.25) is 0 Å². The van der Waals surface area contributed by atoms with Gasteiger partial charge in [-0.2, -0.15) is 0 Å². The van der Waals surface area contributed by atoms with Gasteiger partial charge in [-0.15, -0.1) is 0 Å². The van der Waals surface area contributed by atoms with E-state index in [1.807, 2.05) is 0 Å². The van der Waals surface area contributed by atoms with Gasteiger partial charge in [0, 0.05) is 10.6 Å². The standard InChI is InChI=1S/C9H7FN4/c10-8-3-4-9(11)7(6-8)2-1-5-13-14-12/h3-4,6H,5,11H2. The summed E-state index contributed by atoms with van der Waals surface area (Å²) in [6, 6.07) is 3.93. The van der Waals surface area contributed by atoms with Crippen LogP contribution in [-0.2, 0) is 0 Å². The summed E-state index contributed by atoms with van der Waals surface area (Å²) in [7, 11) is 0. The quantitative estimate of drug-likeness (QED) is 0.238. The molecule has 0 aromatic heterocycles. The summed E-state index contributed by atoms with van der Waals surface area (Å²) >= 11 is 0. The molecule has 0 aliphatic carbocycles. The van der Waals surface area contributed by atoms with Gasteiger partial charge in [-0.1, -0.05) is 17.0 Å². The second-order valence-electron chi connectivity index (χ2n) is 2.42. The Labute approximate surface area is 80.2 Å². The van der Waals surface area contributed by atoms with E-state index in [0.717, 1.165) is 0 Å². The summed E-state index contributed by atoms with van der Waals surface area (Å²) in [5.74, 6) is 4.77. The Morgan fingerprint density at radius 3 is 3.07 bits per heavy atom. The van der Waals surface area contributed by atoms with Crippen molar-refractivity contribution in [3.8, 4) is 11.8 Å². The van der Waals surface area contributed by atoms with E-state index >= 15 is 0 Å². The highest BCUT2D eigenvalue weighted by atomic mass is 19.1. The fourth-order valence-electron chi connectivity index (χ4n) is 0.838. The molecule has 0 saturated carbocycles. The van der Waals surface area contributed by atoms with Crippen LogP contribution in [0.25, 0.3) is 10.4 Å². The number of anilines is 1. The molecular formula is C9H7FN4. The zero-order chi connectivity index (χ0) is 10.4. The number of hydrogen-bond donors (Lipinski definition) is 1. The normalized spacial score (nSPS) is 8.36. The summed E-state index contributed by atoms with van der Waals surface area (Å²) in [6.07, 6.45) is 0. The fourth-order valence-corrected chi connectivity index (χ4v) is 0.838. The molecule has 0 saturated heterocycles. The maximum absolute atomic E-state index is 12.7. The van der Waals surface area contributed by atoms with Crippen LogP contribution in [0.1, 0.15) is 5.56 Å².